The zero-order valence-corrected chi connectivity index (χ0v) is 11.3. The Balaban J connectivity index is 2.88. The fraction of sp³-hybridized carbons (Fsp3) is 1.00. The average molecular weight is 231 g/mol. The van der Waals surface area contributed by atoms with Crippen LogP contribution in [0.25, 0.3) is 0 Å². The lowest BCUT2D eigenvalue weighted by molar-refractivity contribution is 0.0366. The van der Waals surface area contributed by atoms with Gasteiger partial charge in [0.15, 0.2) is 0 Å². The molecular formula is C13H29NO2. The summed E-state index contributed by atoms with van der Waals surface area (Å²) in [5, 5.41) is 3.15. The highest BCUT2D eigenvalue weighted by Gasteiger charge is 1.94. The molecule has 0 spiro atoms. The first-order valence-electron chi connectivity index (χ1n) is 6.57. The normalized spacial score (nSPS) is 11.2. The van der Waals surface area contributed by atoms with Crippen molar-refractivity contribution in [3.05, 3.63) is 0 Å². The Morgan fingerprint density at radius 1 is 0.875 bits per heavy atom. The van der Waals surface area contributed by atoms with Crippen LogP contribution in [0.3, 0.4) is 0 Å². The lowest BCUT2D eigenvalue weighted by Crippen LogP contribution is -2.09. The van der Waals surface area contributed by atoms with Crippen LogP contribution in [0.5, 0.6) is 0 Å². The van der Waals surface area contributed by atoms with Crippen LogP contribution in [0.2, 0.25) is 0 Å². The van der Waals surface area contributed by atoms with Gasteiger partial charge >= 0.3 is 0 Å². The summed E-state index contributed by atoms with van der Waals surface area (Å²) >= 11 is 0. The van der Waals surface area contributed by atoms with E-state index in [-0.39, 0.29) is 0 Å². The van der Waals surface area contributed by atoms with Crippen molar-refractivity contribution in [1.82, 2.24) is 5.32 Å². The molecule has 0 rings (SSSR count). The number of unbranched alkanes of at least 4 members (excludes halogenated alkanes) is 3. The molecule has 3 nitrogen and oxygen atoms in total. The largest absolute Gasteiger partial charge is 0.379 e. The summed E-state index contributed by atoms with van der Waals surface area (Å²) in [6.45, 7) is 8.64. The van der Waals surface area contributed by atoms with E-state index in [9.17, 15) is 0 Å². The van der Waals surface area contributed by atoms with E-state index in [1.54, 1.807) is 0 Å². The molecule has 0 aromatic rings. The van der Waals surface area contributed by atoms with E-state index in [0.29, 0.717) is 5.92 Å². The summed E-state index contributed by atoms with van der Waals surface area (Å²) in [5.41, 5.74) is 0. The van der Waals surface area contributed by atoms with Gasteiger partial charge in [-0.3, -0.25) is 0 Å². The first-order chi connectivity index (χ1) is 7.77. The molecule has 0 fully saturated rings. The third kappa shape index (κ3) is 13.9. The Morgan fingerprint density at radius 2 is 1.56 bits per heavy atom. The fourth-order valence-electron chi connectivity index (χ4n) is 1.40. The number of ether oxygens (including phenoxy) is 2. The van der Waals surface area contributed by atoms with Crippen LogP contribution in [-0.4, -0.2) is 40.0 Å². The van der Waals surface area contributed by atoms with Crippen molar-refractivity contribution in [2.24, 2.45) is 5.92 Å². The molecule has 0 aliphatic carbocycles. The van der Waals surface area contributed by atoms with E-state index in [1.165, 1.54) is 25.7 Å². The average Bonchev–Trinajstić information content (AvgIpc) is 2.25. The summed E-state index contributed by atoms with van der Waals surface area (Å²) in [6.07, 6.45) is 5.02. The Morgan fingerprint density at radius 3 is 2.25 bits per heavy atom. The van der Waals surface area contributed by atoms with Crippen molar-refractivity contribution in [3.8, 4) is 0 Å². The van der Waals surface area contributed by atoms with Gasteiger partial charge in [-0.15, -0.1) is 0 Å². The van der Waals surface area contributed by atoms with Gasteiger partial charge in [0.1, 0.15) is 0 Å². The van der Waals surface area contributed by atoms with Crippen LogP contribution < -0.4 is 5.32 Å². The summed E-state index contributed by atoms with van der Waals surface area (Å²) in [6, 6.07) is 0. The van der Waals surface area contributed by atoms with Crippen LogP contribution in [0.4, 0.5) is 0 Å². The summed E-state index contributed by atoms with van der Waals surface area (Å²) in [7, 11) is 2.00. The lowest BCUT2D eigenvalue weighted by Gasteiger charge is -2.07. The molecule has 0 saturated carbocycles. The van der Waals surface area contributed by atoms with Gasteiger partial charge in [-0.25, -0.2) is 0 Å². The van der Waals surface area contributed by atoms with Crippen molar-refractivity contribution >= 4 is 0 Å². The standard InChI is InChI=1S/C13H29NO2/c1-13(2)12-16-11-10-15-9-7-5-4-6-8-14-3/h13-14H,4-12H2,1-3H3. The minimum Gasteiger partial charge on any atom is -0.379 e. The van der Waals surface area contributed by atoms with Gasteiger partial charge < -0.3 is 14.8 Å². The van der Waals surface area contributed by atoms with Gasteiger partial charge in [0.2, 0.25) is 0 Å². The minimum atomic E-state index is 0.618. The zero-order valence-electron chi connectivity index (χ0n) is 11.3. The van der Waals surface area contributed by atoms with Crippen LogP contribution in [0.1, 0.15) is 39.5 Å². The highest BCUT2D eigenvalue weighted by Crippen LogP contribution is 1.99. The maximum atomic E-state index is 5.48. The highest BCUT2D eigenvalue weighted by atomic mass is 16.5. The van der Waals surface area contributed by atoms with Crippen LogP contribution >= 0.6 is 0 Å². The second-order valence-electron chi connectivity index (χ2n) is 4.60. The van der Waals surface area contributed by atoms with Crippen LogP contribution in [-0.2, 0) is 9.47 Å². The van der Waals surface area contributed by atoms with Gasteiger partial charge in [-0.05, 0) is 32.4 Å². The molecule has 0 atom stereocenters. The maximum Gasteiger partial charge on any atom is 0.0700 e. The van der Waals surface area contributed by atoms with Crippen molar-refractivity contribution < 1.29 is 9.47 Å². The second kappa shape index (κ2) is 12.9. The first kappa shape index (κ1) is 15.9. The molecule has 16 heavy (non-hydrogen) atoms. The molecule has 0 aromatic heterocycles. The molecule has 0 aliphatic rings. The second-order valence-corrected chi connectivity index (χ2v) is 4.60. The molecule has 0 bridgehead atoms. The summed E-state index contributed by atoms with van der Waals surface area (Å²) < 4.78 is 10.9. The van der Waals surface area contributed by atoms with Crippen LogP contribution in [0.15, 0.2) is 0 Å². The minimum absolute atomic E-state index is 0.618. The molecule has 0 unspecified atom stereocenters. The Hall–Kier alpha value is -0.120. The highest BCUT2D eigenvalue weighted by molar-refractivity contribution is 4.45. The molecule has 0 heterocycles. The van der Waals surface area contributed by atoms with Gasteiger partial charge in [-0.1, -0.05) is 26.7 Å². The van der Waals surface area contributed by atoms with E-state index in [2.05, 4.69) is 19.2 Å². The number of hydrogen-bond donors (Lipinski definition) is 1. The van der Waals surface area contributed by atoms with Gasteiger partial charge in [0, 0.05) is 13.2 Å². The number of hydrogen-bond acceptors (Lipinski definition) is 3. The smallest absolute Gasteiger partial charge is 0.0700 e. The quantitative estimate of drug-likeness (QED) is 0.523. The molecule has 98 valence electrons. The topological polar surface area (TPSA) is 30.5 Å². The van der Waals surface area contributed by atoms with E-state index < -0.39 is 0 Å². The first-order valence-corrected chi connectivity index (χ1v) is 6.57. The summed E-state index contributed by atoms with van der Waals surface area (Å²) in [4.78, 5) is 0. The van der Waals surface area contributed by atoms with Crippen molar-refractivity contribution in [3.63, 3.8) is 0 Å². The number of nitrogens with one attached hydrogen (secondary N) is 1. The molecule has 0 saturated heterocycles. The zero-order chi connectivity index (χ0) is 12.1. The third-order valence-corrected chi connectivity index (χ3v) is 2.29. The predicted molar refractivity (Wildman–Crippen MR) is 68.9 cm³/mol. The van der Waals surface area contributed by atoms with E-state index >= 15 is 0 Å². The molecule has 0 radical (unpaired) electrons. The van der Waals surface area contributed by atoms with E-state index in [0.717, 1.165) is 33.0 Å². The van der Waals surface area contributed by atoms with E-state index in [1.807, 2.05) is 7.05 Å². The molecule has 0 aliphatic heterocycles. The van der Waals surface area contributed by atoms with Gasteiger partial charge in [0.05, 0.1) is 13.2 Å². The van der Waals surface area contributed by atoms with E-state index in [4.69, 9.17) is 9.47 Å². The van der Waals surface area contributed by atoms with Crippen molar-refractivity contribution in [2.45, 2.75) is 39.5 Å². The van der Waals surface area contributed by atoms with Crippen molar-refractivity contribution in [2.75, 3.05) is 40.0 Å². The maximum absolute atomic E-state index is 5.48. The number of rotatable bonds is 12. The molecular weight excluding hydrogens is 202 g/mol. The lowest BCUT2D eigenvalue weighted by atomic mass is 10.2. The fourth-order valence-corrected chi connectivity index (χ4v) is 1.40. The third-order valence-electron chi connectivity index (χ3n) is 2.29. The molecule has 0 amide bonds. The Labute approximate surface area is 101 Å². The van der Waals surface area contributed by atoms with Gasteiger partial charge in [0.25, 0.3) is 0 Å². The molecule has 3 heteroatoms. The molecule has 0 aromatic carbocycles. The van der Waals surface area contributed by atoms with Crippen molar-refractivity contribution in [1.29, 1.82) is 0 Å². The molecule has 1 N–H and O–H groups in total. The van der Waals surface area contributed by atoms with Crippen LogP contribution in [0, 0.1) is 5.92 Å². The SMILES string of the molecule is CNCCCCCCOCCOCC(C)C. The monoisotopic (exact) mass is 231 g/mol. The van der Waals surface area contributed by atoms with Gasteiger partial charge in [-0.2, -0.15) is 0 Å². The Kier molecular flexibility index (Phi) is 12.9. The predicted octanol–water partition coefficient (Wildman–Crippen LogP) is 2.46. The summed E-state index contributed by atoms with van der Waals surface area (Å²) in [5.74, 6) is 0.618. The Bertz CT molecular complexity index is 129.